The fourth-order valence-corrected chi connectivity index (χ4v) is 5.53. The number of aryl methyl sites for hydroxylation is 1. The number of ether oxygens (including phenoxy) is 1. The van der Waals surface area contributed by atoms with Gasteiger partial charge in [-0.2, -0.15) is 0 Å². The fourth-order valence-electron chi connectivity index (χ4n) is 5.26. The van der Waals surface area contributed by atoms with E-state index in [1.165, 1.54) is 24.3 Å². The minimum atomic E-state index is -1.03. The number of halogens is 3. The van der Waals surface area contributed by atoms with E-state index in [0.717, 1.165) is 16.7 Å². The molecule has 5 rings (SSSR count). The second-order valence-corrected chi connectivity index (χ2v) is 10.4. The first-order chi connectivity index (χ1) is 18.2. The third-order valence-corrected chi connectivity index (χ3v) is 7.80. The molecular weight excluding hydrogens is 514 g/mol. The molecule has 9 heteroatoms. The standard InChI is InChI=1S/C29H27ClF2N2O4/c1-18-12-25(24-7-4-22(32)14-26(24)30)21(13-20(18)15-31)16-33-10-8-29(9-11-33)17-34(28(37)38-29)23-5-2-19(3-6-23)27(35)36/h2-7,12-14H,8-11,15-17H2,1H3,(H,35,36). The normalized spacial score (nSPS) is 17.2. The van der Waals surface area contributed by atoms with E-state index in [9.17, 15) is 18.4 Å². The Hall–Kier alpha value is -3.49. The van der Waals surface area contributed by atoms with Gasteiger partial charge in [0.15, 0.2) is 0 Å². The van der Waals surface area contributed by atoms with Crippen molar-refractivity contribution < 1.29 is 28.2 Å². The first-order valence-corrected chi connectivity index (χ1v) is 12.8. The number of hydrogen-bond donors (Lipinski definition) is 1. The molecule has 3 aromatic carbocycles. The van der Waals surface area contributed by atoms with Gasteiger partial charge in [-0.3, -0.25) is 9.80 Å². The zero-order valence-electron chi connectivity index (χ0n) is 20.8. The summed E-state index contributed by atoms with van der Waals surface area (Å²) in [5.41, 5.74) is 3.96. The van der Waals surface area contributed by atoms with Crippen molar-refractivity contribution in [3.05, 3.63) is 87.7 Å². The van der Waals surface area contributed by atoms with Crippen molar-refractivity contribution in [3.8, 4) is 11.1 Å². The Labute approximate surface area is 224 Å². The van der Waals surface area contributed by atoms with Crippen LogP contribution < -0.4 is 4.90 Å². The van der Waals surface area contributed by atoms with Gasteiger partial charge in [0.2, 0.25) is 0 Å². The van der Waals surface area contributed by atoms with Crippen LogP contribution in [0.15, 0.2) is 54.6 Å². The zero-order valence-corrected chi connectivity index (χ0v) is 21.6. The summed E-state index contributed by atoms with van der Waals surface area (Å²) in [6.45, 7) is 3.51. The van der Waals surface area contributed by atoms with Crippen LogP contribution in [0.2, 0.25) is 5.02 Å². The highest BCUT2D eigenvalue weighted by molar-refractivity contribution is 6.33. The van der Waals surface area contributed by atoms with Gasteiger partial charge in [0.05, 0.1) is 17.1 Å². The van der Waals surface area contributed by atoms with Gasteiger partial charge >= 0.3 is 12.1 Å². The lowest BCUT2D eigenvalue weighted by atomic mass is 9.90. The van der Waals surface area contributed by atoms with E-state index in [1.54, 1.807) is 23.1 Å². The molecule has 0 radical (unpaired) electrons. The number of amides is 1. The van der Waals surface area contributed by atoms with E-state index in [-0.39, 0.29) is 5.56 Å². The Balaban J connectivity index is 1.32. The maximum Gasteiger partial charge on any atom is 0.415 e. The van der Waals surface area contributed by atoms with E-state index in [2.05, 4.69) is 4.90 Å². The van der Waals surface area contributed by atoms with Crippen molar-refractivity contribution >= 4 is 29.4 Å². The molecule has 0 aromatic heterocycles. The average Bonchev–Trinajstić information content (AvgIpc) is 3.22. The summed E-state index contributed by atoms with van der Waals surface area (Å²) in [4.78, 5) is 27.6. The summed E-state index contributed by atoms with van der Waals surface area (Å²) in [5.74, 6) is -1.45. The van der Waals surface area contributed by atoms with Crippen LogP contribution in [0.3, 0.4) is 0 Å². The van der Waals surface area contributed by atoms with Crippen molar-refractivity contribution in [2.24, 2.45) is 0 Å². The van der Waals surface area contributed by atoms with Crippen molar-refractivity contribution in [2.75, 3.05) is 24.5 Å². The third kappa shape index (κ3) is 5.11. The van der Waals surface area contributed by atoms with Crippen LogP contribution in [0.1, 0.15) is 39.9 Å². The molecule has 198 valence electrons. The Morgan fingerprint density at radius 3 is 2.39 bits per heavy atom. The first kappa shape index (κ1) is 26.1. The van der Waals surface area contributed by atoms with Crippen LogP contribution in [0.4, 0.5) is 19.3 Å². The molecule has 0 unspecified atom stereocenters. The summed E-state index contributed by atoms with van der Waals surface area (Å²) >= 11 is 6.38. The van der Waals surface area contributed by atoms with Gasteiger partial charge < -0.3 is 9.84 Å². The maximum absolute atomic E-state index is 13.7. The van der Waals surface area contributed by atoms with Crippen LogP contribution in [0, 0.1) is 12.7 Å². The molecule has 1 spiro atoms. The first-order valence-electron chi connectivity index (χ1n) is 12.4. The largest absolute Gasteiger partial charge is 0.478 e. The molecule has 2 aliphatic heterocycles. The van der Waals surface area contributed by atoms with Crippen molar-refractivity contribution in [1.82, 2.24) is 4.90 Å². The molecule has 1 N–H and O–H groups in total. The van der Waals surface area contributed by atoms with Gasteiger partial charge in [-0.05, 0) is 71.6 Å². The fraction of sp³-hybridized carbons (Fsp3) is 0.310. The monoisotopic (exact) mass is 540 g/mol. The number of likely N-dealkylation sites (tertiary alicyclic amines) is 1. The summed E-state index contributed by atoms with van der Waals surface area (Å²) in [6, 6.07) is 14.2. The molecule has 6 nitrogen and oxygen atoms in total. The number of rotatable bonds is 6. The minimum Gasteiger partial charge on any atom is -0.478 e. The van der Waals surface area contributed by atoms with Gasteiger partial charge in [0.1, 0.15) is 18.1 Å². The maximum atomic E-state index is 13.7. The van der Waals surface area contributed by atoms with Crippen LogP contribution in [-0.4, -0.2) is 47.3 Å². The summed E-state index contributed by atoms with van der Waals surface area (Å²) in [6.07, 6.45) is 0.800. The number of nitrogens with zero attached hydrogens (tertiary/aromatic N) is 2. The highest BCUT2D eigenvalue weighted by Crippen LogP contribution is 2.38. The molecule has 2 saturated heterocycles. The van der Waals surface area contributed by atoms with Crippen LogP contribution in [0.5, 0.6) is 0 Å². The second-order valence-electron chi connectivity index (χ2n) is 9.96. The Morgan fingerprint density at radius 2 is 1.76 bits per heavy atom. The van der Waals surface area contributed by atoms with E-state index in [1.807, 2.05) is 19.1 Å². The SMILES string of the molecule is Cc1cc(-c2ccc(F)cc2Cl)c(CN2CCC3(CC2)CN(c2ccc(C(=O)O)cc2)C(=O)O3)cc1CF. The van der Waals surface area contributed by atoms with E-state index in [4.69, 9.17) is 21.4 Å². The number of carboxylic acids is 1. The molecule has 2 fully saturated rings. The van der Waals surface area contributed by atoms with Crippen molar-refractivity contribution in [3.63, 3.8) is 0 Å². The lowest BCUT2D eigenvalue weighted by molar-refractivity contribution is -0.000948. The highest BCUT2D eigenvalue weighted by Gasteiger charge is 2.47. The number of piperidine rings is 1. The average molecular weight is 541 g/mol. The predicted octanol–water partition coefficient (Wildman–Crippen LogP) is 6.61. The molecular formula is C29H27ClF2N2O4. The number of carboxylic acid groups (broad SMARTS) is 1. The Morgan fingerprint density at radius 1 is 1.05 bits per heavy atom. The van der Waals surface area contributed by atoms with Crippen LogP contribution in [0.25, 0.3) is 11.1 Å². The van der Waals surface area contributed by atoms with E-state index >= 15 is 0 Å². The second kappa shape index (κ2) is 10.3. The zero-order chi connectivity index (χ0) is 27.0. The third-order valence-electron chi connectivity index (χ3n) is 7.48. The van der Waals surface area contributed by atoms with Crippen molar-refractivity contribution in [1.29, 1.82) is 0 Å². The smallest absolute Gasteiger partial charge is 0.415 e. The molecule has 0 atom stereocenters. The number of carbonyl (C=O) groups is 2. The van der Waals surface area contributed by atoms with E-state index in [0.29, 0.717) is 60.9 Å². The Bertz CT molecular complexity index is 1390. The van der Waals surface area contributed by atoms with Gasteiger partial charge in [-0.15, -0.1) is 0 Å². The lowest BCUT2D eigenvalue weighted by Crippen LogP contribution is -2.46. The number of benzene rings is 3. The molecule has 0 bridgehead atoms. The number of anilines is 1. The molecule has 3 aromatic rings. The van der Waals surface area contributed by atoms with Crippen molar-refractivity contribution in [2.45, 2.75) is 38.6 Å². The lowest BCUT2D eigenvalue weighted by Gasteiger charge is -2.37. The molecule has 0 aliphatic carbocycles. The van der Waals surface area contributed by atoms with Gasteiger partial charge in [-0.1, -0.05) is 23.7 Å². The summed E-state index contributed by atoms with van der Waals surface area (Å²) < 4.78 is 33.2. The van der Waals surface area contributed by atoms with Crippen LogP contribution >= 0.6 is 11.6 Å². The van der Waals surface area contributed by atoms with Crippen LogP contribution in [-0.2, 0) is 18.0 Å². The number of hydrogen-bond acceptors (Lipinski definition) is 4. The van der Waals surface area contributed by atoms with Gasteiger partial charge in [-0.25, -0.2) is 18.4 Å². The summed E-state index contributed by atoms with van der Waals surface area (Å²) in [7, 11) is 0. The molecule has 2 aliphatic rings. The number of carbonyl (C=O) groups excluding carboxylic acids is 1. The predicted molar refractivity (Wildman–Crippen MR) is 141 cm³/mol. The van der Waals surface area contributed by atoms with Gasteiger partial charge in [0, 0.05) is 43.7 Å². The molecule has 1 amide bonds. The highest BCUT2D eigenvalue weighted by atomic mass is 35.5. The van der Waals surface area contributed by atoms with E-state index < -0.39 is 30.2 Å². The molecule has 2 heterocycles. The molecule has 38 heavy (non-hydrogen) atoms. The quantitative estimate of drug-likeness (QED) is 0.381. The van der Waals surface area contributed by atoms with Gasteiger partial charge in [0.25, 0.3) is 0 Å². The Kier molecular flexibility index (Phi) is 7.11. The minimum absolute atomic E-state index is 0.151. The number of aromatic carboxylic acids is 1. The summed E-state index contributed by atoms with van der Waals surface area (Å²) in [5, 5.41) is 9.42. The number of alkyl halides is 1. The topological polar surface area (TPSA) is 70.1 Å². The molecule has 0 saturated carbocycles.